The Morgan fingerprint density at radius 1 is 1.19 bits per heavy atom. The summed E-state index contributed by atoms with van der Waals surface area (Å²) in [6, 6.07) is 7.53. The number of hydrogen-bond donors (Lipinski definition) is 0. The zero-order chi connectivity index (χ0) is 14.4. The maximum absolute atomic E-state index is 11.2. The molecule has 1 aliphatic rings. The Labute approximate surface area is 120 Å². The molecule has 3 heterocycles. The quantitative estimate of drug-likeness (QED) is 0.677. The Kier molecular flexibility index (Phi) is 2.47. The van der Waals surface area contributed by atoms with E-state index >= 15 is 0 Å². The van der Waals surface area contributed by atoms with Crippen LogP contribution in [0.1, 0.15) is 15.9 Å². The smallest absolute Gasteiger partial charge is 0.231 e. The molecule has 0 atom stereocenters. The van der Waals surface area contributed by atoms with E-state index < -0.39 is 0 Å². The minimum absolute atomic E-state index is 0.248. The van der Waals surface area contributed by atoms with E-state index in [1.54, 1.807) is 0 Å². The lowest BCUT2D eigenvalue weighted by Gasteiger charge is -1.98. The number of carbonyl (C=O) groups excluding carboxylic acids is 1. The van der Waals surface area contributed by atoms with Crippen molar-refractivity contribution in [3.8, 4) is 22.8 Å². The van der Waals surface area contributed by atoms with Crippen LogP contribution in [0.3, 0.4) is 0 Å². The fraction of sp³-hybridized carbons (Fsp3) is 0.125. The molecule has 0 unspecified atom stereocenters. The highest BCUT2D eigenvalue weighted by Gasteiger charge is 2.15. The largest absolute Gasteiger partial charge is 0.454 e. The first-order valence-electron chi connectivity index (χ1n) is 6.59. The number of ether oxygens (including phenoxy) is 2. The Morgan fingerprint density at radius 2 is 2.05 bits per heavy atom. The molecule has 1 aliphatic heterocycles. The second-order valence-electron chi connectivity index (χ2n) is 5.02. The van der Waals surface area contributed by atoms with Gasteiger partial charge in [-0.3, -0.25) is 4.79 Å². The molecule has 0 spiro atoms. The first kappa shape index (κ1) is 12.0. The second-order valence-corrected chi connectivity index (χ2v) is 5.02. The summed E-state index contributed by atoms with van der Waals surface area (Å²) in [4.78, 5) is 15.7. The van der Waals surface area contributed by atoms with Crippen molar-refractivity contribution in [2.45, 2.75) is 6.92 Å². The lowest BCUT2D eigenvalue weighted by molar-refractivity contribution is 0.112. The van der Waals surface area contributed by atoms with Crippen LogP contribution >= 0.6 is 0 Å². The van der Waals surface area contributed by atoms with Gasteiger partial charge in [0.05, 0.1) is 11.3 Å². The number of aldehydes is 1. The average molecular weight is 280 g/mol. The Balaban J connectivity index is 1.89. The fourth-order valence-corrected chi connectivity index (χ4v) is 2.55. The SMILES string of the molecule is Cc1cc(C=O)c2nc(-c3ccc4c(c3)OCO4)cn2c1. The molecule has 0 saturated heterocycles. The molecule has 5 nitrogen and oxygen atoms in total. The highest BCUT2D eigenvalue weighted by atomic mass is 16.7. The minimum Gasteiger partial charge on any atom is -0.454 e. The molecule has 0 amide bonds. The Morgan fingerprint density at radius 3 is 2.90 bits per heavy atom. The van der Waals surface area contributed by atoms with Gasteiger partial charge in [-0.05, 0) is 36.8 Å². The third kappa shape index (κ3) is 1.86. The van der Waals surface area contributed by atoms with Crippen LogP contribution in [0.25, 0.3) is 16.9 Å². The summed E-state index contributed by atoms with van der Waals surface area (Å²) >= 11 is 0. The molecule has 4 rings (SSSR count). The number of carbonyl (C=O) groups is 1. The number of fused-ring (bicyclic) bond motifs is 2. The van der Waals surface area contributed by atoms with Gasteiger partial charge in [0.2, 0.25) is 6.79 Å². The molecule has 3 aromatic rings. The molecule has 5 heteroatoms. The standard InChI is InChI=1S/C16H12N2O3/c1-10-4-12(8-19)16-17-13(7-18(16)6-10)11-2-3-14-15(5-11)21-9-20-14/h2-8H,9H2,1H3. The molecule has 21 heavy (non-hydrogen) atoms. The van der Waals surface area contributed by atoms with Gasteiger partial charge in [0.25, 0.3) is 0 Å². The first-order chi connectivity index (χ1) is 10.2. The van der Waals surface area contributed by atoms with Crippen molar-refractivity contribution >= 4 is 11.9 Å². The van der Waals surface area contributed by atoms with Crippen molar-refractivity contribution < 1.29 is 14.3 Å². The zero-order valence-corrected chi connectivity index (χ0v) is 11.4. The monoisotopic (exact) mass is 280 g/mol. The van der Waals surface area contributed by atoms with Crippen LogP contribution in [0, 0.1) is 6.92 Å². The van der Waals surface area contributed by atoms with Crippen molar-refractivity contribution in [3.63, 3.8) is 0 Å². The van der Waals surface area contributed by atoms with Crippen molar-refractivity contribution in [3.05, 3.63) is 47.8 Å². The molecule has 0 bridgehead atoms. The lowest BCUT2D eigenvalue weighted by atomic mass is 10.1. The van der Waals surface area contributed by atoms with E-state index in [4.69, 9.17) is 9.47 Å². The summed E-state index contributed by atoms with van der Waals surface area (Å²) in [6.45, 7) is 2.20. The van der Waals surface area contributed by atoms with Gasteiger partial charge in [0, 0.05) is 18.0 Å². The van der Waals surface area contributed by atoms with Gasteiger partial charge in [-0.1, -0.05) is 0 Å². The number of pyridine rings is 1. The van der Waals surface area contributed by atoms with Crippen LogP contribution in [0.2, 0.25) is 0 Å². The Bertz CT molecular complexity index is 867. The summed E-state index contributed by atoms with van der Waals surface area (Å²) in [7, 11) is 0. The van der Waals surface area contributed by atoms with Gasteiger partial charge < -0.3 is 13.9 Å². The van der Waals surface area contributed by atoms with Crippen LogP contribution in [0.5, 0.6) is 11.5 Å². The minimum atomic E-state index is 0.248. The molecule has 1 aromatic carbocycles. The van der Waals surface area contributed by atoms with E-state index in [0.717, 1.165) is 34.6 Å². The van der Waals surface area contributed by atoms with Gasteiger partial charge in [-0.15, -0.1) is 0 Å². The van der Waals surface area contributed by atoms with Crippen molar-refractivity contribution in [1.82, 2.24) is 9.38 Å². The number of nitrogens with zero attached hydrogens (tertiary/aromatic N) is 2. The third-order valence-corrected chi connectivity index (χ3v) is 3.51. The number of imidazole rings is 1. The predicted molar refractivity (Wildman–Crippen MR) is 76.9 cm³/mol. The molecule has 0 radical (unpaired) electrons. The molecule has 0 aliphatic carbocycles. The molecular formula is C16H12N2O3. The Hall–Kier alpha value is -2.82. The lowest BCUT2D eigenvalue weighted by Crippen LogP contribution is -1.92. The van der Waals surface area contributed by atoms with Crippen LogP contribution in [-0.2, 0) is 0 Å². The van der Waals surface area contributed by atoms with E-state index in [0.29, 0.717) is 11.2 Å². The summed E-state index contributed by atoms with van der Waals surface area (Å²) in [6.07, 6.45) is 4.69. The van der Waals surface area contributed by atoms with Crippen molar-refractivity contribution in [2.24, 2.45) is 0 Å². The third-order valence-electron chi connectivity index (χ3n) is 3.51. The number of hydrogen-bond acceptors (Lipinski definition) is 4. The van der Waals surface area contributed by atoms with Gasteiger partial charge in [0.15, 0.2) is 17.8 Å². The molecule has 104 valence electrons. The van der Waals surface area contributed by atoms with Crippen LogP contribution in [-0.4, -0.2) is 22.5 Å². The van der Waals surface area contributed by atoms with Crippen molar-refractivity contribution in [1.29, 1.82) is 0 Å². The van der Waals surface area contributed by atoms with Crippen LogP contribution < -0.4 is 9.47 Å². The molecule has 0 saturated carbocycles. The van der Waals surface area contributed by atoms with E-state index in [1.165, 1.54) is 0 Å². The summed E-state index contributed by atoms with van der Waals surface area (Å²) in [5.41, 5.74) is 3.98. The van der Waals surface area contributed by atoms with Crippen LogP contribution in [0.4, 0.5) is 0 Å². The zero-order valence-electron chi connectivity index (χ0n) is 11.4. The van der Waals surface area contributed by atoms with Gasteiger partial charge >= 0.3 is 0 Å². The molecule has 0 N–H and O–H groups in total. The van der Waals surface area contributed by atoms with Gasteiger partial charge in [-0.2, -0.15) is 0 Å². The highest BCUT2D eigenvalue weighted by Crippen LogP contribution is 2.35. The van der Waals surface area contributed by atoms with E-state index in [2.05, 4.69) is 4.98 Å². The number of rotatable bonds is 2. The van der Waals surface area contributed by atoms with Gasteiger partial charge in [-0.25, -0.2) is 4.98 Å². The van der Waals surface area contributed by atoms with E-state index in [9.17, 15) is 4.79 Å². The number of benzene rings is 1. The van der Waals surface area contributed by atoms with Crippen LogP contribution in [0.15, 0.2) is 36.7 Å². The average Bonchev–Trinajstić information content (AvgIpc) is 3.11. The summed E-state index contributed by atoms with van der Waals surface area (Å²) < 4.78 is 12.6. The predicted octanol–water partition coefficient (Wildman–Crippen LogP) is 2.85. The first-order valence-corrected chi connectivity index (χ1v) is 6.59. The summed E-state index contributed by atoms with van der Waals surface area (Å²) in [5, 5.41) is 0. The van der Waals surface area contributed by atoms with E-state index in [-0.39, 0.29) is 6.79 Å². The molecule has 2 aromatic heterocycles. The van der Waals surface area contributed by atoms with E-state index in [1.807, 2.05) is 48.0 Å². The maximum Gasteiger partial charge on any atom is 0.231 e. The summed E-state index contributed by atoms with van der Waals surface area (Å²) in [5.74, 6) is 1.46. The van der Waals surface area contributed by atoms with Crippen molar-refractivity contribution in [2.75, 3.05) is 6.79 Å². The second kappa shape index (κ2) is 4.34. The fourth-order valence-electron chi connectivity index (χ4n) is 2.55. The normalized spacial score (nSPS) is 12.8. The maximum atomic E-state index is 11.2. The molecular weight excluding hydrogens is 268 g/mol. The highest BCUT2D eigenvalue weighted by molar-refractivity contribution is 5.85. The topological polar surface area (TPSA) is 52.8 Å². The molecule has 0 fully saturated rings. The van der Waals surface area contributed by atoms with Gasteiger partial charge in [0.1, 0.15) is 5.65 Å². The number of aryl methyl sites for hydroxylation is 1. The number of aromatic nitrogens is 2.